The Kier molecular flexibility index (Phi) is 6.88. The fourth-order valence-electron chi connectivity index (χ4n) is 2.10. The molecular weight excluding hydrogens is 354 g/mol. The number of aryl methyl sites for hydroxylation is 1. The Labute approximate surface area is 152 Å². The van der Waals surface area contributed by atoms with Gasteiger partial charge >= 0.3 is 0 Å². The molecule has 0 heterocycles. The maximum absolute atomic E-state index is 12.1. The van der Waals surface area contributed by atoms with Gasteiger partial charge in [-0.1, -0.05) is 35.9 Å². The second kappa shape index (κ2) is 9.12. The third-order valence-corrected chi connectivity index (χ3v) is 4.99. The lowest BCUT2D eigenvalue weighted by atomic mass is 10.2. The minimum absolute atomic E-state index is 0.0502. The number of nitrogens with one attached hydrogen (secondary N) is 3. The molecule has 7 nitrogen and oxygen atoms in total. The summed E-state index contributed by atoms with van der Waals surface area (Å²) in [6.07, 6.45) is 0. The molecule has 0 unspecified atom stereocenters. The lowest BCUT2D eigenvalue weighted by Gasteiger charge is -2.09. The van der Waals surface area contributed by atoms with E-state index in [-0.39, 0.29) is 30.4 Å². The molecule has 0 fully saturated rings. The Balaban J connectivity index is 1.70. The van der Waals surface area contributed by atoms with Crippen molar-refractivity contribution in [3.05, 3.63) is 65.7 Å². The molecule has 2 rings (SSSR count). The highest BCUT2D eigenvalue weighted by Gasteiger charge is 2.13. The zero-order valence-corrected chi connectivity index (χ0v) is 15.2. The van der Waals surface area contributed by atoms with E-state index in [4.69, 9.17) is 0 Å². The summed E-state index contributed by atoms with van der Waals surface area (Å²) in [5, 5.41) is 5.04. The molecule has 8 heteroatoms. The second-order valence-corrected chi connectivity index (χ2v) is 7.38. The van der Waals surface area contributed by atoms with E-state index < -0.39 is 15.9 Å². The highest BCUT2D eigenvalue weighted by atomic mass is 32.2. The van der Waals surface area contributed by atoms with Crippen molar-refractivity contribution in [2.24, 2.45) is 0 Å². The fraction of sp³-hybridized carbons (Fsp3) is 0.222. The topological polar surface area (TPSA) is 104 Å². The predicted molar refractivity (Wildman–Crippen MR) is 98.2 cm³/mol. The van der Waals surface area contributed by atoms with Crippen LogP contribution in [0.5, 0.6) is 0 Å². The second-order valence-electron chi connectivity index (χ2n) is 5.61. The van der Waals surface area contributed by atoms with E-state index in [0.717, 1.165) is 5.56 Å². The number of amides is 2. The Morgan fingerprint density at radius 2 is 1.54 bits per heavy atom. The van der Waals surface area contributed by atoms with Crippen molar-refractivity contribution < 1.29 is 18.0 Å². The SMILES string of the molecule is Cc1ccc(S(=O)(=O)NCCNC(=O)CNC(=O)c2ccccc2)cc1. The van der Waals surface area contributed by atoms with Gasteiger partial charge in [-0.05, 0) is 31.2 Å². The van der Waals surface area contributed by atoms with Crippen LogP contribution in [0.15, 0.2) is 59.5 Å². The molecule has 0 spiro atoms. The smallest absolute Gasteiger partial charge is 0.251 e. The molecule has 2 amide bonds. The van der Waals surface area contributed by atoms with Gasteiger partial charge in [0.05, 0.1) is 11.4 Å². The van der Waals surface area contributed by atoms with Gasteiger partial charge in [-0.2, -0.15) is 0 Å². The molecule has 3 N–H and O–H groups in total. The van der Waals surface area contributed by atoms with Crippen LogP contribution < -0.4 is 15.4 Å². The van der Waals surface area contributed by atoms with Gasteiger partial charge in [-0.25, -0.2) is 13.1 Å². The molecule has 2 aromatic rings. The third-order valence-electron chi connectivity index (χ3n) is 3.52. The highest BCUT2D eigenvalue weighted by molar-refractivity contribution is 7.89. The molecule has 138 valence electrons. The standard InChI is InChI=1S/C18H21N3O4S/c1-14-7-9-16(10-8-14)26(24,25)21-12-11-19-17(22)13-20-18(23)15-5-3-2-4-6-15/h2-10,21H,11-13H2,1H3,(H,19,22)(H,20,23). The van der Waals surface area contributed by atoms with Crippen LogP contribution in [0.1, 0.15) is 15.9 Å². The highest BCUT2D eigenvalue weighted by Crippen LogP contribution is 2.09. The maximum atomic E-state index is 12.1. The number of sulfonamides is 1. The maximum Gasteiger partial charge on any atom is 0.251 e. The van der Waals surface area contributed by atoms with Crippen LogP contribution in [0.2, 0.25) is 0 Å². The average Bonchev–Trinajstić information content (AvgIpc) is 2.64. The van der Waals surface area contributed by atoms with Gasteiger partial charge in [0.1, 0.15) is 0 Å². The summed E-state index contributed by atoms with van der Waals surface area (Å²) in [6.45, 7) is 1.86. The lowest BCUT2D eigenvalue weighted by Crippen LogP contribution is -2.40. The van der Waals surface area contributed by atoms with Crippen molar-refractivity contribution in [1.29, 1.82) is 0 Å². The van der Waals surface area contributed by atoms with Crippen molar-refractivity contribution in [1.82, 2.24) is 15.4 Å². The number of benzene rings is 2. The summed E-state index contributed by atoms with van der Waals surface area (Å²) in [7, 11) is -3.61. The van der Waals surface area contributed by atoms with Crippen LogP contribution in [0.25, 0.3) is 0 Å². The minimum Gasteiger partial charge on any atom is -0.353 e. The summed E-state index contributed by atoms with van der Waals surface area (Å²) in [5.74, 6) is -0.746. The monoisotopic (exact) mass is 375 g/mol. The van der Waals surface area contributed by atoms with E-state index in [1.54, 1.807) is 42.5 Å². The first kappa shape index (κ1) is 19.6. The van der Waals surface area contributed by atoms with E-state index in [1.807, 2.05) is 6.92 Å². The van der Waals surface area contributed by atoms with Crippen LogP contribution in [-0.4, -0.2) is 39.9 Å². The largest absolute Gasteiger partial charge is 0.353 e. The van der Waals surface area contributed by atoms with Gasteiger partial charge in [-0.15, -0.1) is 0 Å². The normalized spacial score (nSPS) is 11.0. The van der Waals surface area contributed by atoms with Crippen LogP contribution in [0.3, 0.4) is 0 Å². The third kappa shape index (κ3) is 5.98. The van der Waals surface area contributed by atoms with Gasteiger partial charge in [0.25, 0.3) is 5.91 Å². The van der Waals surface area contributed by atoms with Crippen molar-refractivity contribution in [2.45, 2.75) is 11.8 Å². The molecule has 0 bridgehead atoms. The summed E-state index contributed by atoms with van der Waals surface area (Å²) in [6, 6.07) is 15.0. The molecule has 0 aromatic heterocycles. The molecule has 0 saturated heterocycles. The van der Waals surface area contributed by atoms with Crippen molar-refractivity contribution in [2.75, 3.05) is 19.6 Å². The van der Waals surface area contributed by atoms with Gasteiger partial charge < -0.3 is 10.6 Å². The van der Waals surface area contributed by atoms with Crippen LogP contribution in [0.4, 0.5) is 0 Å². The first-order valence-electron chi connectivity index (χ1n) is 8.05. The average molecular weight is 375 g/mol. The Morgan fingerprint density at radius 3 is 2.19 bits per heavy atom. The van der Waals surface area contributed by atoms with Gasteiger partial charge in [0.2, 0.25) is 15.9 Å². The first-order valence-corrected chi connectivity index (χ1v) is 9.53. The zero-order chi connectivity index (χ0) is 19.0. The number of hydrogen-bond acceptors (Lipinski definition) is 4. The van der Waals surface area contributed by atoms with Crippen LogP contribution >= 0.6 is 0 Å². The zero-order valence-electron chi connectivity index (χ0n) is 14.4. The van der Waals surface area contributed by atoms with E-state index in [9.17, 15) is 18.0 Å². The number of hydrogen-bond donors (Lipinski definition) is 3. The molecular formula is C18H21N3O4S. The van der Waals surface area contributed by atoms with Gasteiger partial charge in [0, 0.05) is 18.7 Å². The minimum atomic E-state index is -3.61. The molecule has 0 saturated carbocycles. The molecule has 26 heavy (non-hydrogen) atoms. The van der Waals surface area contributed by atoms with Crippen molar-refractivity contribution in [3.8, 4) is 0 Å². The lowest BCUT2D eigenvalue weighted by molar-refractivity contribution is -0.120. The van der Waals surface area contributed by atoms with E-state index in [0.29, 0.717) is 5.56 Å². The van der Waals surface area contributed by atoms with Crippen LogP contribution in [0, 0.1) is 6.92 Å². The van der Waals surface area contributed by atoms with E-state index >= 15 is 0 Å². The summed E-state index contributed by atoms with van der Waals surface area (Å²) >= 11 is 0. The van der Waals surface area contributed by atoms with Gasteiger partial charge in [0.15, 0.2) is 0 Å². The Bertz CT molecular complexity index is 850. The first-order chi connectivity index (χ1) is 12.4. The molecule has 0 aliphatic rings. The quantitative estimate of drug-likeness (QED) is 0.594. The number of rotatable bonds is 8. The molecule has 0 atom stereocenters. The summed E-state index contributed by atoms with van der Waals surface area (Å²) in [5.41, 5.74) is 1.43. The summed E-state index contributed by atoms with van der Waals surface area (Å²) < 4.78 is 26.6. The fourth-order valence-corrected chi connectivity index (χ4v) is 3.13. The van der Waals surface area contributed by atoms with Crippen LogP contribution in [-0.2, 0) is 14.8 Å². The van der Waals surface area contributed by atoms with E-state index in [2.05, 4.69) is 15.4 Å². The number of carbonyl (C=O) groups is 2. The summed E-state index contributed by atoms with van der Waals surface area (Å²) in [4.78, 5) is 23.7. The molecule has 0 aliphatic carbocycles. The Hall–Kier alpha value is -2.71. The molecule has 0 aliphatic heterocycles. The van der Waals surface area contributed by atoms with Crippen molar-refractivity contribution in [3.63, 3.8) is 0 Å². The van der Waals surface area contributed by atoms with Crippen molar-refractivity contribution >= 4 is 21.8 Å². The number of carbonyl (C=O) groups excluding carboxylic acids is 2. The Morgan fingerprint density at radius 1 is 0.885 bits per heavy atom. The molecule has 2 aromatic carbocycles. The predicted octanol–water partition coefficient (Wildman–Crippen LogP) is 0.820. The van der Waals surface area contributed by atoms with Gasteiger partial charge in [-0.3, -0.25) is 9.59 Å². The molecule has 0 radical (unpaired) electrons. The van der Waals surface area contributed by atoms with E-state index in [1.165, 1.54) is 12.1 Å².